The first-order chi connectivity index (χ1) is 18.3. The van der Waals surface area contributed by atoms with Gasteiger partial charge in [-0.05, 0) is 41.7 Å². The Balaban J connectivity index is 1.43. The van der Waals surface area contributed by atoms with E-state index in [0.29, 0.717) is 0 Å². The van der Waals surface area contributed by atoms with Gasteiger partial charge in [0.05, 0.1) is 19.1 Å². The van der Waals surface area contributed by atoms with Crippen LogP contribution in [0.2, 0.25) is 0 Å². The van der Waals surface area contributed by atoms with Crippen LogP contribution in [0.1, 0.15) is 42.9 Å². The Bertz CT molecular complexity index is 1230. The largest absolute Gasteiger partial charge is 0.481 e. The van der Waals surface area contributed by atoms with E-state index in [0.717, 1.165) is 27.8 Å². The molecule has 3 unspecified atom stereocenters. The van der Waals surface area contributed by atoms with E-state index in [1.807, 2.05) is 66.7 Å². The molecular formula is C30H32N2O6. The molecule has 38 heavy (non-hydrogen) atoms. The Kier molecular flexibility index (Phi) is 8.76. The number of aliphatic carboxylic acids is 1. The molecule has 0 saturated carbocycles. The van der Waals surface area contributed by atoms with E-state index < -0.39 is 36.2 Å². The van der Waals surface area contributed by atoms with Gasteiger partial charge in [0.1, 0.15) is 12.6 Å². The van der Waals surface area contributed by atoms with Crippen LogP contribution in [0.25, 0.3) is 11.1 Å². The minimum atomic E-state index is -1.09. The van der Waals surface area contributed by atoms with Gasteiger partial charge in [0.25, 0.3) is 0 Å². The lowest BCUT2D eigenvalue weighted by molar-refractivity contribution is -0.137. The van der Waals surface area contributed by atoms with Gasteiger partial charge in [-0.1, -0.05) is 78.9 Å². The lowest BCUT2D eigenvalue weighted by Gasteiger charge is -2.26. The molecule has 0 heterocycles. The van der Waals surface area contributed by atoms with Gasteiger partial charge < -0.3 is 25.2 Å². The normalized spacial score (nSPS) is 14.5. The van der Waals surface area contributed by atoms with E-state index in [4.69, 9.17) is 14.6 Å². The minimum absolute atomic E-state index is 0.100. The monoisotopic (exact) mass is 516 g/mol. The number of carbonyl (C=O) groups excluding carboxylic acids is 2. The molecule has 3 N–H and O–H groups in total. The predicted octanol–water partition coefficient (Wildman–Crippen LogP) is 4.48. The third-order valence-corrected chi connectivity index (χ3v) is 6.59. The summed E-state index contributed by atoms with van der Waals surface area (Å²) in [6, 6.07) is 23.8. The number of benzene rings is 3. The number of hydrogen-bond acceptors (Lipinski definition) is 5. The Hall–Kier alpha value is -4.17. The summed E-state index contributed by atoms with van der Waals surface area (Å²) in [5.74, 6) is -1.71. The van der Waals surface area contributed by atoms with E-state index in [-0.39, 0.29) is 25.6 Å². The zero-order chi connectivity index (χ0) is 27.1. The number of alkyl carbamates (subject to hydrolysis) is 1. The van der Waals surface area contributed by atoms with Crippen LogP contribution < -0.4 is 10.6 Å². The lowest BCUT2D eigenvalue weighted by Crippen LogP contribution is -2.55. The molecule has 1 aliphatic rings. The van der Waals surface area contributed by atoms with Crippen molar-refractivity contribution in [1.29, 1.82) is 0 Å². The SMILES string of the molecule is CC(CC(=O)O)NC(=O)C(NC(=O)OCC1c2ccccc2-c2ccccc21)C(C)OCc1ccccc1. The molecule has 0 aliphatic heterocycles. The summed E-state index contributed by atoms with van der Waals surface area (Å²) in [6.07, 6.45) is -1.72. The van der Waals surface area contributed by atoms with Crippen molar-refractivity contribution in [3.05, 3.63) is 95.6 Å². The van der Waals surface area contributed by atoms with E-state index in [9.17, 15) is 14.4 Å². The average molecular weight is 517 g/mol. The summed E-state index contributed by atoms with van der Waals surface area (Å²) >= 11 is 0. The van der Waals surface area contributed by atoms with Crippen molar-refractivity contribution in [2.24, 2.45) is 0 Å². The Labute approximate surface area is 222 Å². The fourth-order valence-electron chi connectivity index (χ4n) is 4.71. The zero-order valence-corrected chi connectivity index (χ0v) is 21.4. The van der Waals surface area contributed by atoms with Gasteiger partial charge in [0.15, 0.2) is 0 Å². The number of hydrogen-bond donors (Lipinski definition) is 3. The summed E-state index contributed by atoms with van der Waals surface area (Å²) in [5.41, 5.74) is 5.31. The Morgan fingerprint density at radius 2 is 1.42 bits per heavy atom. The number of carbonyl (C=O) groups is 3. The molecule has 0 aromatic heterocycles. The highest BCUT2D eigenvalue weighted by Gasteiger charge is 2.32. The standard InChI is InChI=1S/C30H32N2O6/c1-19(16-27(33)34)31-29(35)28(20(2)37-17-21-10-4-3-5-11-21)32-30(36)38-18-26-24-14-8-6-12-22(24)23-13-7-9-15-25(23)26/h3-15,19-20,26,28H,16-18H2,1-2H3,(H,31,35)(H,32,36)(H,33,34). The van der Waals surface area contributed by atoms with Crippen molar-refractivity contribution in [3.8, 4) is 11.1 Å². The van der Waals surface area contributed by atoms with Crippen molar-refractivity contribution in [3.63, 3.8) is 0 Å². The quantitative estimate of drug-likeness (QED) is 0.346. The number of carboxylic acid groups (broad SMARTS) is 1. The summed E-state index contributed by atoms with van der Waals surface area (Å²) in [5, 5.41) is 14.3. The molecular weight excluding hydrogens is 484 g/mol. The maximum atomic E-state index is 13.1. The van der Waals surface area contributed by atoms with Crippen LogP contribution in [0.4, 0.5) is 4.79 Å². The number of ether oxygens (including phenoxy) is 2. The van der Waals surface area contributed by atoms with Gasteiger partial charge in [-0.3, -0.25) is 9.59 Å². The maximum absolute atomic E-state index is 13.1. The zero-order valence-electron chi connectivity index (χ0n) is 21.4. The van der Waals surface area contributed by atoms with Crippen LogP contribution in [0.5, 0.6) is 0 Å². The van der Waals surface area contributed by atoms with Gasteiger partial charge in [-0.2, -0.15) is 0 Å². The van der Waals surface area contributed by atoms with Gasteiger partial charge >= 0.3 is 12.1 Å². The second kappa shape index (κ2) is 12.4. The molecule has 0 saturated heterocycles. The Morgan fingerprint density at radius 1 is 0.842 bits per heavy atom. The maximum Gasteiger partial charge on any atom is 0.407 e. The molecule has 3 atom stereocenters. The molecule has 198 valence electrons. The van der Waals surface area contributed by atoms with Crippen molar-refractivity contribution < 1.29 is 29.0 Å². The number of carboxylic acids is 1. The van der Waals surface area contributed by atoms with Crippen LogP contribution in [-0.2, 0) is 25.7 Å². The molecule has 3 aromatic carbocycles. The summed E-state index contributed by atoms with van der Waals surface area (Å²) in [6.45, 7) is 3.61. The first-order valence-electron chi connectivity index (χ1n) is 12.6. The van der Waals surface area contributed by atoms with Crippen LogP contribution in [0.3, 0.4) is 0 Å². The van der Waals surface area contributed by atoms with Gasteiger partial charge in [-0.15, -0.1) is 0 Å². The fourth-order valence-corrected chi connectivity index (χ4v) is 4.71. The molecule has 8 nitrogen and oxygen atoms in total. The molecule has 4 rings (SSSR count). The summed E-state index contributed by atoms with van der Waals surface area (Å²) in [7, 11) is 0. The highest BCUT2D eigenvalue weighted by molar-refractivity contribution is 5.87. The van der Waals surface area contributed by atoms with E-state index in [2.05, 4.69) is 22.8 Å². The number of rotatable bonds is 11. The second-order valence-electron chi connectivity index (χ2n) is 9.46. The molecule has 0 radical (unpaired) electrons. The van der Waals surface area contributed by atoms with Crippen molar-refractivity contribution in [1.82, 2.24) is 10.6 Å². The molecule has 3 aromatic rings. The molecule has 1 aliphatic carbocycles. The smallest absolute Gasteiger partial charge is 0.407 e. The number of nitrogens with one attached hydrogen (secondary N) is 2. The van der Waals surface area contributed by atoms with Crippen LogP contribution in [0, 0.1) is 0 Å². The highest BCUT2D eigenvalue weighted by Crippen LogP contribution is 2.44. The molecule has 8 heteroatoms. The lowest BCUT2D eigenvalue weighted by atomic mass is 9.98. The predicted molar refractivity (Wildman–Crippen MR) is 143 cm³/mol. The van der Waals surface area contributed by atoms with Crippen molar-refractivity contribution >= 4 is 18.0 Å². The molecule has 2 amide bonds. The van der Waals surface area contributed by atoms with Crippen molar-refractivity contribution in [2.75, 3.05) is 6.61 Å². The molecule has 0 fully saturated rings. The van der Waals surface area contributed by atoms with Crippen LogP contribution in [0.15, 0.2) is 78.9 Å². The Morgan fingerprint density at radius 3 is 2.03 bits per heavy atom. The topological polar surface area (TPSA) is 114 Å². The molecule has 0 bridgehead atoms. The van der Waals surface area contributed by atoms with Crippen LogP contribution in [-0.4, -0.2) is 47.9 Å². The average Bonchev–Trinajstić information content (AvgIpc) is 3.23. The minimum Gasteiger partial charge on any atom is -0.481 e. The van der Waals surface area contributed by atoms with Gasteiger partial charge in [0.2, 0.25) is 5.91 Å². The third-order valence-electron chi connectivity index (χ3n) is 6.59. The fraction of sp³-hybridized carbons (Fsp3) is 0.300. The summed E-state index contributed by atoms with van der Waals surface area (Å²) < 4.78 is 11.5. The molecule has 0 spiro atoms. The van der Waals surface area contributed by atoms with Gasteiger partial charge in [0, 0.05) is 12.0 Å². The second-order valence-corrected chi connectivity index (χ2v) is 9.46. The van der Waals surface area contributed by atoms with E-state index in [1.165, 1.54) is 0 Å². The summed E-state index contributed by atoms with van der Waals surface area (Å²) in [4.78, 5) is 37.0. The van der Waals surface area contributed by atoms with E-state index >= 15 is 0 Å². The number of amides is 2. The van der Waals surface area contributed by atoms with Crippen LogP contribution >= 0.6 is 0 Å². The van der Waals surface area contributed by atoms with Crippen molar-refractivity contribution in [2.45, 2.75) is 51.0 Å². The van der Waals surface area contributed by atoms with E-state index in [1.54, 1.807) is 13.8 Å². The first-order valence-corrected chi connectivity index (χ1v) is 12.6. The highest BCUT2D eigenvalue weighted by atomic mass is 16.5. The first kappa shape index (κ1) is 26.9. The third kappa shape index (κ3) is 6.58. The van der Waals surface area contributed by atoms with Gasteiger partial charge in [-0.25, -0.2) is 4.79 Å². The number of fused-ring (bicyclic) bond motifs is 3.